The molecule has 0 spiro atoms. The Labute approximate surface area is 87.4 Å². The van der Waals surface area contributed by atoms with Gasteiger partial charge in [-0.3, -0.25) is 4.90 Å². The molecule has 2 aliphatic rings. The van der Waals surface area contributed by atoms with Crippen LogP contribution in [0.1, 0.15) is 19.8 Å². The molecule has 0 bridgehead atoms. The lowest BCUT2D eigenvalue weighted by Gasteiger charge is -2.26. The molecule has 0 aromatic heterocycles. The Bertz CT molecular complexity index is 202. The Morgan fingerprint density at radius 3 is 3.07 bits per heavy atom. The summed E-state index contributed by atoms with van der Waals surface area (Å²) in [6.07, 6.45) is 4.49. The molecule has 0 amide bonds. The van der Waals surface area contributed by atoms with Gasteiger partial charge in [0.05, 0.1) is 0 Å². The van der Waals surface area contributed by atoms with Gasteiger partial charge in [0.2, 0.25) is 0 Å². The van der Waals surface area contributed by atoms with Gasteiger partial charge in [-0.05, 0) is 37.8 Å². The molecule has 3 unspecified atom stereocenters. The van der Waals surface area contributed by atoms with Crippen molar-refractivity contribution in [2.24, 2.45) is 11.8 Å². The SMILES string of the molecule is C=CCCN1CC2CNCC2C1CC. The van der Waals surface area contributed by atoms with Gasteiger partial charge in [0, 0.05) is 19.1 Å². The van der Waals surface area contributed by atoms with Gasteiger partial charge in [0.25, 0.3) is 0 Å². The number of nitrogens with one attached hydrogen (secondary N) is 1. The van der Waals surface area contributed by atoms with Gasteiger partial charge in [-0.25, -0.2) is 0 Å². The van der Waals surface area contributed by atoms with Gasteiger partial charge in [0.1, 0.15) is 0 Å². The van der Waals surface area contributed by atoms with E-state index in [1.807, 2.05) is 6.08 Å². The predicted octanol–water partition coefficient (Wildman–Crippen LogP) is 1.49. The first-order chi connectivity index (χ1) is 6.86. The summed E-state index contributed by atoms with van der Waals surface area (Å²) < 4.78 is 0. The van der Waals surface area contributed by atoms with Gasteiger partial charge < -0.3 is 5.32 Å². The topological polar surface area (TPSA) is 15.3 Å². The van der Waals surface area contributed by atoms with Crippen LogP contribution in [0.4, 0.5) is 0 Å². The molecule has 0 aromatic carbocycles. The van der Waals surface area contributed by atoms with Crippen LogP contribution in [0.5, 0.6) is 0 Å². The average Bonchev–Trinajstić information content (AvgIpc) is 2.73. The monoisotopic (exact) mass is 194 g/mol. The summed E-state index contributed by atoms with van der Waals surface area (Å²) in [5.74, 6) is 1.84. The smallest absolute Gasteiger partial charge is 0.0137 e. The van der Waals surface area contributed by atoms with Crippen LogP contribution >= 0.6 is 0 Å². The van der Waals surface area contributed by atoms with Crippen molar-refractivity contribution in [1.29, 1.82) is 0 Å². The molecule has 2 rings (SSSR count). The molecule has 2 saturated heterocycles. The van der Waals surface area contributed by atoms with Crippen LogP contribution in [0.15, 0.2) is 12.7 Å². The zero-order valence-electron chi connectivity index (χ0n) is 9.21. The van der Waals surface area contributed by atoms with Crippen molar-refractivity contribution in [2.45, 2.75) is 25.8 Å². The molecule has 0 aromatic rings. The third-order valence-electron chi connectivity index (χ3n) is 3.86. The second-order valence-corrected chi connectivity index (χ2v) is 4.63. The molecule has 14 heavy (non-hydrogen) atoms. The fourth-order valence-corrected chi connectivity index (χ4v) is 3.19. The normalized spacial score (nSPS) is 37.4. The second kappa shape index (κ2) is 4.45. The number of rotatable bonds is 4. The Kier molecular flexibility index (Phi) is 3.24. The third-order valence-corrected chi connectivity index (χ3v) is 3.86. The maximum atomic E-state index is 3.81. The summed E-state index contributed by atoms with van der Waals surface area (Å²) >= 11 is 0. The molecular weight excluding hydrogens is 172 g/mol. The fourth-order valence-electron chi connectivity index (χ4n) is 3.19. The summed E-state index contributed by atoms with van der Waals surface area (Å²) in [6, 6.07) is 0.829. The standard InChI is InChI=1S/C12H22N2/c1-3-5-6-14-9-10-7-13-8-11(10)12(14)4-2/h3,10-13H,1,4-9H2,2H3. The third kappa shape index (κ3) is 1.73. The van der Waals surface area contributed by atoms with Crippen LogP contribution in [-0.2, 0) is 0 Å². The Balaban J connectivity index is 1.95. The first-order valence-corrected chi connectivity index (χ1v) is 5.92. The lowest BCUT2D eigenvalue weighted by molar-refractivity contribution is 0.222. The lowest BCUT2D eigenvalue weighted by atomic mass is 9.93. The first kappa shape index (κ1) is 10.2. The molecule has 2 heteroatoms. The average molecular weight is 194 g/mol. The zero-order valence-corrected chi connectivity index (χ0v) is 9.21. The lowest BCUT2D eigenvalue weighted by Crippen LogP contribution is -2.35. The van der Waals surface area contributed by atoms with Crippen LogP contribution in [-0.4, -0.2) is 37.1 Å². The maximum Gasteiger partial charge on any atom is 0.0137 e. The van der Waals surface area contributed by atoms with Crippen LogP contribution in [0.25, 0.3) is 0 Å². The number of hydrogen-bond acceptors (Lipinski definition) is 2. The number of fused-ring (bicyclic) bond motifs is 1. The highest BCUT2D eigenvalue weighted by Gasteiger charge is 2.42. The van der Waals surface area contributed by atoms with Gasteiger partial charge in [-0.2, -0.15) is 0 Å². The van der Waals surface area contributed by atoms with E-state index in [9.17, 15) is 0 Å². The highest BCUT2D eigenvalue weighted by molar-refractivity contribution is 4.98. The van der Waals surface area contributed by atoms with E-state index in [2.05, 4.69) is 23.7 Å². The molecule has 2 heterocycles. The molecule has 2 fully saturated rings. The first-order valence-electron chi connectivity index (χ1n) is 5.92. The van der Waals surface area contributed by atoms with Crippen molar-refractivity contribution < 1.29 is 0 Å². The Morgan fingerprint density at radius 1 is 1.50 bits per heavy atom. The molecule has 2 aliphatic heterocycles. The maximum absolute atomic E-state index is 3.81. The Hall–Kier alpha value is -0.340. The molecule has 0 aliphatic carbocycles. The van der Waals surface area contributed by atoms with E-state index >= 15 is 0 Å². The van der Waals surface area contributed by atoms with E-state index in [1.165, 1.54) is 32.6 Å². The van der Waals surface area contributed by atoms with E-state index in [0.29, 0.717) is 0 Å². The van der Waals surface area contributed by atoms with Crippen LogP contribution < -0.4 is 5.32 Å². The van der Waals surface area contributed by atoms with Crippen molar-refractivity contribution in [2.75, 3.05) is 26.2 Å². The number of likely N-dealkylation sites (tertiary alicyclic amines) is 1. The van der Waals surface area contributed by atoms with E-state index < -0.39 is 0 Å². The minimum atomic E-state index is 0.829. The summed E-state index contributed by atoms with van der Waals surface area (Å²) in [4.78, 5) is 2.68. The number of hydrogen-bond donors (Lipinski definition) is 1. The summed E-state index contributed by atoms with van der Waals surface area (Å²) in [7, 11) is 0. The Morgan fingerprint density at radius 2 is 2.36 bits per heavy atom. The second-order valence-electron chi connectivity index (χ2n) is 4.63. The quantitative estimate of drug-likeness (QED) is 0.682. The van der Waals surface area contributed by atoms with E-state index in [0.717, 1.165) is 24.3 Å². The van der Waals surface area contributed by atoms with E-state index in [1.54, 1.807) is 0 Å². The van der Waals surface area contributed by atoms with Crippen molar-refractivity contribution in [3.63, 3.8) is 0 Å². The molecular formula is C12H22N2. The number of nitrogens with zero attached hydrogens (tertiary/aromatic N) is 1. The van der Waals surface area contributed by atoms with Gasteiger partial charge in [0.15, 0.2) is 0 Å². The predicted molar refractivity (Wildman–Crippen MR) is 60.3 cm³/mol. The molecule has 3 atom stereocenters. The summed E-state index contributed by atoms with van der Waals surface area (Å²) in [5.41, 5.74) is 0. The minimum Gasteiger partial charge on any atom is -0.316 e. The highest BCUT2D eigenvalue weighted by atomic mass is 15.2. The van der Waals surface area contributed by atoms with Crippen LogP contribution in [0.3, 0.4) is 0 Å². The van der Waals surface area contributed by atoms with Crippen molar-refractivity contribution >= 4 is 0 Å². The summed E-state index contributed by atoms with van der Waals surface area (Å²) in [6.45, 7) is 11.1. The molecule has 0 radical (unpaired) electrons. The van der Waals surface area contributed by atoms with E-state index in [-0.39, 0.29) is 0 Å². The van der Waals surface area contributed by atoms with Crippen LogP contribution in [0.2, 0.25) is 0 Å². The molecule has 0 saturated carbocycles. The minimum absolute atomic E-state index is 0.829. The van der Waals surface area contributed by atoms with Gasteiger partial charge in [-0.1, -0.05) is 13.0 Å². The highest BCUT2D eigenvalue weighted by Crippen LogP contribution is 2.33. The van der Waals surface area contributed by atoms with Crippen molar-refractivity contribution in [3.8, 4) is 0 Å². The van der Waals surface area contributed by atoms with Crippen molar-refractivity contribution in [3.05, 3.63) is 12.7 Å². The zero-order chi connectivity index (χ0) is 9.97. The van der Waals surface area contributed by atoms with Crippen LogP contribution in [0, 0.1) is 11.8 Å². The summed E-state index contributed by atoms with van der Waals surface area (Å²) in [5, 5.41) is 3.52. The van der Waals surface area contributed by atoms with Gasteiger partial charge >= 0.3 is 0 Å². The van der Waals surface area contributed by atoms with Crippen molar-refractivity contribution in [1.82, 2.24) is 10.2 Å². The molecule has 2 nitrogen and oxygen atoms in total. The largest absolute Gasteiger partial charge is 0.316 e. The van der Waals surface area contributed by atoms with Gasteiger partial charge in [-0.15, -0.1) is 6.58 Å². The van der Waals surface area contributed by atoms with E-state index in [4.69, 9.17) is 0 Å². The fraction of sp³-hybridized carbons (Fsp3) is 0.833. The molecule has 1 N–H and O–H groups in total. The molecule has 80 valence electrons.